The van der Waals surface area contributed by atoms with Crippen LogP contribution in [0.4, 0.5) is 4.39 Å². The van der Waals surface area contributed by atoms with Crippen LogP contribution in [0.1, 0.15) is 24.8 Å². The van der Waals surface area contributed by atoms with Gasteiger partial charge in [0.15, 0.2) is 0 Å². The van der Waals surface area contributed by atoms with Crippen molar-refractivity contribution >= 4 is 11.6 Å². The topological polar surface area (TPSA) is 12.0 Å². The molecule has 0 radical (unpaired) electrons. The van der Waals surface area contributed by atoms with Gasteiger partial charge in [-0.05, 0) is 30.5 Å². The third-order valence-electron chi connectivity index (χ3n) is 2.70. The quantitative estimate of drug-likeness (QED) is 0.814. The lowest BCUT2D eigenvalue weighted by Crippen LogP contribution is -2.34. The number of benzene rings is 1. The Morgan fingerprint density at radius 3 is 2.79 bits per heavy atom. The molecule has 1 aliphatic rings. The molecule has 0 unspecified atom stereocenters. The van der Waals surface area contributed by atoms with Gasteiger partial charge in [0.25, 0.3) is 0 Å². The van der Waals surface area contributed by atoms with E-state index in [0.29, 0.717) is 11.1 Å². The van der Waals surface area contributed by atoms with Gasteiger partial charge in [0.2, 0.25) is 0 Å². The summed E-state index contributed by atoms with van der Waals surface area (Å²) < 4.78 is 12.7. The van der Waals surface area contributed by atoms with Gasteiger partial charge in [0.1, 0.15) is 5.82 Å². The predicted molar refractivity (Wildman–Crippen MR) is 55.9 cm³/mol. The summed E-state index contributed by atoms with van der Waals surface area (Å²) in [4.78, 5) is 0. The van der Waals surface area contributed by atoms with E-state index in [1.54, 1.807) is 6.07 Å². The Morgan fingerprint density at radius 1 is 1.43 bits per heavy atom. The van der Waals surface area contributed by atoms with Crippen LogP contribution in [0.2, 0.25) is 5.02 Å². The normalized spacial score (nSPS) is 16.7. The molecule has 1 N–H and O–H groups in total. The molecule has 14 heavy (non-hydrogen) atoms. The highest BCUT2D eigenvalue weighted by Gasteiger charge is 2.16. The summed E-state index contributed by atoms with van der Waals surface area (Å²) in [6, 6.07) is 5.18. The predicted octanol–water partition coefficient (Wildman–Crippen LogP) is 3.12. The molecule has 3 heteroatoms. The standard InChI is InChI=1S/C11H13ClFN/c12-11-6-9(13)5-4-8(11)7-14-10-2-1-3-10/h4-6,10,14H,1-3,7H2. The highest BCUT2D eigenvalue weighted by Crippen LogP contribution is 2.21. The van der Waals surface area contributed by atoms with Crippen molar-refractivity contribution in [2.24, 2.45) is 0 Å². The summed E-state index contributed by atoms with van der Waals surface area (Å²) in [6.45, 7) is 0.740. The highest BCUT2D eigenvalue weighted by atomic mass is 35.5. The molecule has 2 rings (SSSR count). The van der Waals surface area contributed by atoms with Crippen molar-refractivity contribution in [2.45, 2.75) is 31.8 Å². The molecule has 0 saturated heterocycles. The molecule has 1 saturated carbocycles. The Balaban J connectivity index is 1.94. The van der Waals surface area contributed by atoms with Gasteiger partial charge in [-0.15, -0.1) is 0 Å². The van der Waals surface area contributed by atoms with Gasteiger partial charge < -0.3 is 5.32 Å². The maximum atomic E-state index is 12.7. The van der Waals surface area contributed by atoms with E-state index < -0.39 is 0 Å². The second-order valence-electron chi connectivity index (χ2n) is 3.74. The van der Waals surface area contributed by atoms with Gasteiger partial charge in [0.05, 0.1) is 0 Å². The maximum absolute atomic E-state index is 12.7. The molecule has 0 heterocycles. The first kappa shape index (κ1) is 9.94. The SMILES string of the molecule is Fc1ccc(CNC2CCC2)c(Cl)c1. The summed E-state index contributed by atoms with van der Waals surface area (Å²) in [5, 5.41) is 3.90. The van der Waals surface area contributed by atoms with Crippen molar-refractivity contribution in [3.63, 3.8) is 0 Å². The zero-order valence-corrected chi connectivity index (χ0v) is 8.65. The third-order valence-corrected chi connectivity index (χ3v) is 3.05. The van der Waals surface area contributed by atoms with Gasteiger partial charge in [-0.25, -0.2) is 4.39 Å². The van der Waals surface area contributed by atoms with Crippen molar-refractivity contribution in [1.82, 2.24) is 5.32 Å². The summed E-state index contributed by atoms with van der Waals surface area (Å²) >= 11 is 5.89. The highest BCUT2D eigenvalue weighted by molar-refractivity contribution is 6.31. The molecule has 0 spiro atoms. The molecule has 0 bridgehead atoms. The van der Waals surface area contributed by atoms with Crippen LogP contribution in [0.5, 0.6) is 0 Å². The van der Waals surface area contributed by atoms with Gasteiger partial charge in [0, 0.05) is 17.6 Å². The number of rotatable bonds is 3. The zero-order chi connectivity index (χ0) is 9.97. The number of nitrogens with one attached hydrogen (secondary N) is 1. The second-order valence-corrected chi connectivity index (χ2v) is 4.15. The van der Waals surface area contributed by atoms with E-state index in [2.05, 4.69) is 5.32 Å². The molecule has 1 aliphatic carbocycles. The minimum atomic E-state index is -0.276. The van der Waals surface area contributed by atoms with Gasteiger partial charge in [-0.2, -0.15) is 0 Å². The first-order valence-electron chi connectivity index (χ1n) is 4.93. The lowest BCUT2D eigenvalue weighted by atomic mass is 9.93. The molecule has 1 aromatic rings. The van der Waals surface area contributed by atoms with Crippen LogP contribution in [0.3, 0.4) is 0 Å². The third kappa shape index (κ3) is 2.25. The van der Waals surface area contributed by atoms with Crippen molar-refractivity contribution < 1.29 is 4.39 Å². The van der Waals surface area contributed by atoms with E-state index in [9.17, 15) is 4.39 Å². The minimum Gasteiger partial charge on any atom is -0.310 e. The van der Waals surface area contributed by atoms with Gasteiger partial charge >= 0.3 is 0 Å². The smallest absolute Gasteiger partial charge is 0.124 e. The van der Waals surface area contributed by atoms with Crippen LogP contribution in [0, 0.1) is 5.82 Å². The fourth-order valence-corrected chi connectivity index (χ4v) is 1.77. The van der Waals surface area contributed by atoms with Gasteiger partial charge in [-0.1, -0.05) is 24.1 Å². The van der Waals surface area contributed by atoms with Crippen LogP contribution in [-0.2, 0) is 6.54 Å². The Labute approximate surface area is 88.3 Å². The van der Waals surface area contributed by atoms with E-state index in [1.165, 1.54) is 31.4 Å². The molecule has 0 atom stereocenters. The summed E-state index contributed by atoms with van der Waals surface area (Å²) in [5.41, 5.74) is 0.972. The first-order chi connectivity index (χ1) is 6.75. The van der Waals surface area contributed by atoms with E-state index in [4.69, 9.17) is 11.6 Å². The van der Waals surface area contributed by atoms with E-state index in [-0.39, 0.29) is 5.82 Å². The lowest BCUT2D eigenvalue weighted by molar-refractivity contribution is 0.338. The maximum Gasteiger partial charge on any atom is 0.124 e. The number of halogens is 2. The Hall–Kier alpha value is -0.600. The number of hydrogen-bond donors (Lipinski definition) is 1. The summed E-state index contributed by atoms with van der Waals surface area (Å²) in [6.07, 6.45) is 3.81. The molecule has 1 aromatic carbocycles. The molecule has 0 aromatic heterocycles. The zero-order valence-electron chi connectivity index (χ0n) is 7.89. The van der Waals surface area contributed by atoms with E-state index in [1.807, 2.05) is 0 Å². The average Bonchev–Trinajstić information content (AvgIpc) is 2.05. The molecule has 0 aliphatic heterocycles. The number of hydrogen-bond acceptors (Lipinski definition) is 1. The average molecular weight is 214 g/mol. The van der Waals surface area contributed by atoms with Crippen molar-refractivity contribution in [2.75, 3.05) is 0 Å². The van der Waals surface area contributed by atoms with Gasteiger partial charge in [-0.3, -0.25) is 0 Å². The fourth-order valence-electron chi connectivity index (χ4n) is 1.53. The molecule has 0 amide bonds. The van der Waals surface area contributed by atoms with Crippen molar-refractivity contribution in [3.05, 3.63) is 34.6 Å². The van der Waals surface area contributed by atoms with Crippen LogP contribution >= 0.6 is 11.6 Å². The monoisotopic (exact) mass is 213 g/mol. The largest absolute Gasteiger partial charge is 0.310 e. The van der Waals surface area contributed by atoms with Crippen molar-refractivity contribution in [1.29, 1.82) is 0 Å². The van der Waals surface area contributed by atoms with E-state index >= 15 is 0 Å². The molecule has 1 nitrogen and oxygen atoms in total. The molecule has 1 fully saturated rings. The van der Waals surface area contributed by atoms with Crippen LogP contribution < -0.4 is 5.32 Å². The Morgan fingerprint density at radius 2 is 2.21 bits per heavy atom. The lowest BCUT2D eigenvalue weighted by Gasteiger charge is -2.26. The summed E-state index contributed by atoms with van der Waals surface area (Å²) in [5.74, 6) is -0.276. The molecular weight excluding hydrogens is 201 g/mol. The van der Waals surface area contributed by atoms with Crippen LogP contribution in [0.25, 0.3) is 0 Å². The molecule has 76 valence electrons. The summed E-state index contributed by atoms with van der Waals surface area (Å²) in [7, 11) is 0. The minimum absolute atomic E-state index is 0.276. The Kier molecular flexibility index (Phi) is 3.04. The van der Waals surface area contributed by atoms with E-state index in [0.717, 1.165) is 12.1 Å². The van der Waals surface area contributed by atoms with Crippen LogP contribution in [-0.4, -0.2) is 6.04 Å². The molecular formula is C11H13ClFN. The second kappa shape index (κ2) is 4.28. The van der Waals surface area contributed by atoms with Crippen LogP contribution in [0.15, 0.2) is 18.2 Å². The fraction of sp³-hybridized carbons (Fsp3) is 0.455. The Bertz CT molecular complexity index is 323. The first-order valence-corrected chi connectivity index (χ1v) is 5.31. The van der Waals surface area contributed by atoms with Crippen molar-refractivity contribution in [3.8, 4) is 0 Å².